The van der Waals surface area contributed by atoms with Crippen LogP contribution in [0.4, 0.5) is 21.7 Å². The van der Waals surface area contributed by atoms with Crippen molar-refractivity contribution in [3.05, 3.63) is 41.8 Å². The van der Waals surface area contributed by atoms with Crippen LogP contribution in [-0.2, 0) is 11.3 Å². The minimum absolute atomic E-state index is 0.0132. The number of pyridine rings is 1. The maximum Gasteiger partial charge on any atom is 0.252 e. The number of benzene rings is 1. The zero-order chi connectivity index (χ0) is 21.8. The van der Waals surface area contributed by atoms with Gasteiger partial charge in [-0.1, -0.05) is 0 Å². The molecule has 0 fully saturated rings. The van der Waals surface area contributed by atoms with Crippen LogP contribution in [0.25, 0.3) is 10.9 Å². The average molecular weight is 415 g/mol. The lowest BCUT2D eigenvalue weighted by molar-refractivity contribution is 0.100. The van der Waals surface area contributed by atoms with Gasteiger partial charge in [-0.05, 0) is 38.1 Å². The number of rotatable bonds is 9. The third-order valence-corrected chi connectivity index (χ3v) is 4.81. The van der Waals surface area contributed by atoms with E-state index in [4.69, 9.17) is 16.2 Å². The highest BCUT2D eigenvalue weighted by Gasteiger charge is 2.18. The third kappa shape index (κ3) is 4.66. The van der Waals surface area contributed by atoms with Gasteiger partial charge in [-0.3, -0.25) is 9.48 Å². The molecule has 30 heavy (non-hydrogen) atoms. The molecular formula is C20H26FN7O2. The molecule has 0 aliphatic rings. The second-order valence-corrected chi connectivity index (χ2v) is 7.13. The Morgan fingerprint density at radius 3 is 2.73 bits per heavy atom. The number of ether oxygens (including phenoxy) is 1. The fraction of sp³-hybridized carbons (Fsp3) is 0.350. The van der Waals surface area contributed by atoms with E-state index in [9.17, 15) is 9.18 Å². The Hall–Kier alpha value is -3.24. The van der Waals surface area contributed by atoms with Gasteiger partial charge in [-0.15, -0.1) is 0 Å². The lowest BCUT2D eigenvalue weighted by atomic mass is 10.1. The summed E-state index contributed by atoms with van der Waals surface area (Å²) >= 11 is 0. The van der Waals surface area contributed by atoms with E-state index in [2.05, 4.69) is 20.7 Å². The molecule has 160 valence electrons. The van der Waals surface area contributed by atoms with Crippen LogP contribution in [-0.4, -0.2) is 46.5 Å². The largest absolute Gasteiger partial charge is 0.383 e. The first kappa shape index (κ1) is 21.5. The number of methoxy groups -OCH3 is 1. The van der Waals surface area contributed by atoms with Gasteiger partial charge in [0, 0.05) is 30.3 Å². The number of nitrogens with one attached hydrogen (secondary N) is 2. The SMILES string of the molecule is COCCn1ncc2cc(Nc3nc(NC(C)[C@H](C)N)c(F)cc3C(N)=O)ccc21. The Morgan fingerprint density at radius 1 is 1.30 bits per heavy atom. The summed E-state index contributed by atoms with van der Waals surface area (Å²) in [4.78, 5) is 16.1. The van der Waals surface area contributed by atoms with E-state index < -0.39 is 11.7 Å². The van der Waals surface area contributed by atoms with Gasteiger partial charge >= 0.3 is 0 Å². The molecule has 1 amide bonds. The fourth-order valence-corrected chi connectivity index (χ4v) is 2.88. The number of nitrogens with zero attached hydrogens (tertiary/aromatic N) is 3. The van der Waals surface area contributed by atoms with Gasteiger partial charge in [0.05, 0.1) is 30.4 Å². The van der Waals surface area contributed by atoms with Crippen molar-refractivity contribution >= 4 is 34.1 Å². The smallest absolute Gasteiger partial charge is 0.252 e. The lowest BCUT2D eigenvalue weighted by Crippen LogP contribution is -2.35. The molecule has 1 unspecified atom stereocenters. The van der Waals surface area contributed by atoms with Gasteiger partial charge in [0.25, 0.3) is 5.91 Å². The summed E-state index contributed by atoms with van der Waals surface area (Å²) in [5.41, 5.74) is 12.8. The number of fused-ring (bicyclic) bond motifs is 1. The van der Waals surface area contributed by atoms with Crippen LogP contribution < -0.4 is 22.1 Å². The van der Waals surface area contributed by atoms with Crippen LogP contribution in [0.15, 0.2) is 30.5 Å². The van der Waals surface area contributed by atoms with E-state index in [-0.39, 0.29) is 29.3 Å². The first-order valence-electron chi connectivity index (χ1n) is 9.54. The Morgan fingerprint density at radius 2 is 2.07 bits per heavy atom. The molecule has 0 saturated heterocycles. The minimum atomic E-state index is -0.788. The Labute approximate surface area is 173 Å². The summed E-state index contributed by atoms with van der Waals surface area (Å²) in [5.74, 6) is -1.34. The molecule has 9 nitrogen and oxygen atoms in total. The Bertz CT molecular complexity index is 1050. The average Bonchev–Trinajstić information content (AvgIpc) is 3.10. The molecule has 0 radical (unpaired) electrons. The normalized spacial score (nSPS) is 13.2. The number of carbonyl (C=O) groups is 1. The zero-order valence-electron chi connectivity index (χ0n) is 17.1. The second kappa shape index (κ2) is 9.06. The van der Waals surface area contributed by atoms with Crippen LogP contribution in [0.5, 0.6) is 0 Å². The van der Waals surface area contributed by atoms with E-state index in [0.29, 0.717) is 18.8 Å². The number of hydrogen-bond donors (Lipinski definition) is 4. The van der Waals surface area contributed by atoms with Crippen molar-refractivity contribution in [2.75, 3.05) is 24.4 Å². The number of anilines is 3. The number of hydrogen-bond acceptors (Lipinski definition) is 7. The van der Waals surface area contributed by atoms with Crippen molar-refractivity contribution in [2.45, 2.75) is 32.5 Å². The predicted molar refractivity (Wildman–Crippen MR) is 114 cm³/mol. The van der Waals surface area contributed by atoms with Gasteiger partial charge in [0.2, 0.25) is 0 Å². The van der Waals surface area contributed by atoms with Gasteiger partial charge in [0.1, 0.15) is 5.82 Å². The first-order chi connectivity index (χ1) is 14.3. The summed E-state index contributed by atoms with van der Waals surface area (Å²) in [7, 11) is 1.64. The molecule has 0 spiro atoms. The molecule has 0 aliphatic heterocycles. The van der Waals surface area contributed by atoms with Crippen LogP contribution in [0.2, 0.25) is 0 Å². The molecule has 3 rings (SSSR count). The van der Waals surface area contributed by atoms with E-state index in [1.54, 1.807) is 20.2 Å². The summed E-state index contributed by atoms with van der Waals surface area (Å²) in [6, 6.07) is 6.18. The quantitative estimate of drug-likeness (QED) is 0.421. The number of aromatic nitrogens is 3. The number of amides is 1. The maximum atomic E-state index is 14.4. The predicted octanol–water partition coefficient (Wildman–Crippen LogP) is 2.21. The molecule has 2 heterocycles. The van der Waals surface area contributed by atoms with Crippen LogP contribution in [0, 0.1) is 5.82 Å². The fourth-order valence-electron chi connectivity index (χ4n) is 2.88. The highest BCUT2D eigenvalue weighted by molar-refractivity contribution is 5.99. The molecule has 2 atom stereocenters. The molecule has 2 aromatic heterocycles. The minimum Gasteiger partial charge on any atom is -0.383 e. The van der Waals surface area contributed by atoms with Crippen molar-refractivity contribution in [3.63, 3.8) is 0 Å². The van der Waals surface area contributed by atoms with Crippen molar-refractivity contribution in [2.24, 2.45) is 11.5 Å². The van der Waals surface area contributed by atoms with Crippen molar-refractivity contribution < 1.29 is 13.9 Å². The molecule has 3 aromatic rings. The van der Waals surface area contributed by atoms with Crippen LogP contribution >= 0.6 is 0 Å². The topological polar surface area (TPSA) is 133 Å². The van der Waals surface area contributed by atoms with E-state index in [1.165, 1.54) is 0 Å². The molecule has 6 N–H and O–H groups in total. The number of halogens is 1. The Kier molecular flexibility index (Phi) is 6.48. The van der Waals surface area contributed by atoms with Crippen LogP contribution in [0.3, 0.4) is 0 Å². The molecule has 1 aromatic carbocycles. The number of nitrogens with two attached hydrogens (primary N) is 2. The van der Waals surface area contributed by atoms with Crippen molar-refractivity contribution in [3.8, 4) is 0 Å². The zero-order valence-corrected chi connectivity index (χ0v) is 17.1. The third-order valence-electron chi connectivity index (χ3n) is 4.81. The monoisotopic (exact) mass is 415 g/mol. The van der Waals surface area contributed by atoms with Gasteiger partial charge < -0.3 is 26.8 Å². The molecule has 0 aliphatic carbocycles. The summed E-state index contributed by atoms with van der Waals surface area (Å²) in [6.07, 6.45) is 1.74. The molecular weight excluding hydrogens is 389 g/mol. The first-order valence-corrected chi connectivity index (χ1v) is 9.54. The van der Waals surface area contributed by atoms with E-state index in [0.717, 1.165) is 17.0 Å². The number of primary amides is 1. The van der Waals surface area contributed by atoms with E-state index in [1.807, 2.05) is 29.8 Å². The highest BCUT2D eigenvalue weighted by atomic mass is 19.1. The summed E-state index contributed by atoms with van der Waals surface area (Å²) in [6.45, 7) is 4.79. The molecule has 0 bridgehead atoms. The van der Waals surface area contributed by atoms with Gasteiger partial charge in [-0.2, -0.15) is 5.10 Å². The lowest BCUT2D eigenvalue weighted by Gasteiger charge is -2.20. The number of carbonyl (C=O) groups excluding carboxylic acids is 1. The molecule has 10 heteroatoms. The van der Waals surface area contributed by atoms with Crippen molar-refractivity contribution in [1.29, 1.82) is 0 Å². The maximum absolute atomic E-state index is 14.4. The highest BCUT2D eigenvalue weighted by Crippen LogP contribution is 2.26. The Balaban J connectivity index is 1.93. The van der Waals surface area contributed by atoms with Crippen LogP contribution in [0.1, 0.15) is 24.2 Å². The summed E-state index contributed by atoms with van der Waals surface area (Å²) in [5, 5.41) is 11.2. The second-order valence-electron chi connectivity index (χ2n) is 7.13. The standard InChI is InChI=1S/C20H26FN7O2/c1-11(22)12(2)25-20-16(21)9-15(18(23)29)19(27-20)26-14-4-5-17-13(8-14)10-24-28(17)6-7-30-3/h4-5,8-12H,6-7,22H2,1-3H3,(H2,23,29)(H2,25,26,27)/t11-,12?/m0/s1. The molecule has 0 saturated carbocycles. The van der Waals surface area contributed by atoms with Gasteiger partial charge in [-0.25, -0.2) is 9.37 Å². The van der Waals surface area contributed by atoms with Crippen molar-refractivity contribution in [1.82, 2.24) is 14.8 Å². The van der Waals surface area contributed by atoms with E-state index >= 15 is 0 Å². The summed E-state index contributed by atoms with van der Waals surface area (Å²) < 4.78 is 21.4. The van der Waals surface area contributed by atoms with Gasteiger partial charge in [0.15, 0.2) is 11.6 Å².